The molecule has 3 aliphatic heterocycles. The van der Waals surface area contributed by atoms with E-state index in [0.29, 0.717) is 59.2 Å². The molecule has 0 saturated carbocycles. The Kier molecular flexibility index (Phi) is 18.7. The van der Waals surface area contributed by atoms with Crippen LogP contribution in [0.2, 0.25) is 0 Å². The fourth-order valence-corrected chi connectivity index (χ4v) is 9.74. The fraction of sp³-hybridized carbons (Fsp3) is 0.123. The summed E-state index contributed by atoms with van der Waals surface area (Å²) in [4.78, 5) is 11.7. The number of phenolic OH excluding ortho intramolecular Hbond substituents is 1. The van der Waals surface area contributed by atoms with Crippen molar-refractivity contribution in [3.05, 3.63) is 249 Å². The van der Waals surface area contributed by atoms with Crippen molar-refractivity contribution in [2.45, 2.75) is 37.5 Å². The van der Waals surface area contributed by atoms with Crippen molar-refractivity contribution in [1.29, 1.82) is 21.0 Å². The smallest absolute Gasteiger partial charge is 0.205 e. The summed E-state index contributed by atoms with van der Waals surface area (Å²) in [6, 6.07) is 48.7. The number of hydrogen-bond donors (Lipinski definition) is 3. The van der Waals surface area contributed by atoms with E-state index in [9.17, 15) is 41.7 Å². The second kappa shape index (κ2) is 26.6. The molecule has 3 aliphatic rings. The van der Waals surface area contributed by atoms with Crippen LogP contribution in [0.3, 0.4) is 0 Å². The average Bonchev–Trinajstić information content (AvgIpc) is 2.51. The van der Waals surface area contributed by atoms with Crippen molar-refractivity contribution in [3.8, 4) is 41.5 Å². The number of nitriles is 4. The summed E-state index contributed by atoms with van der Waals surface area (Å²) in [6.45, 7) is 1.27. The zero-order valence-electron chi connectivity index (χ0n) is 44.0. The molecule has 5 N–H and O–H groups in total. The number of rotatable bonds is 4. The predicted molar refractivity (Wildman–Crippen MR) is 298 cm³/mol. The number of anilines is 1. The van der Waals surface area contributed by atoms with Crippen LogP contribution in [0.4, 0.5) is 40.8 Å². The summed E-state index contributed by atoms with van der Waals surface area (Å²) < 4.78 is 119. The van der Waals surface area contributed by atoms with Gasteiger partial charge < -0.3 is 30.9 Å². The van der Waals surface area contributed by atoms with Crippen LogP contribution < -0.4 is 25.8 Å². The van der Waals surface area contributed by atoms with Crippen molar-refractivity contribution in [2.24, 2.45) is 11.5 Å². The zero-order valence-corrected chi connectivity index (χ0v) is 44.0. The van der Waals surface area contributed by atoms with Gasteiger partial charge in [0.25, 0.3) is 0 Å². The Morgan fingerprint density at radius 3 is 1.27 bits per heavy atom. The molecule has 1 fully saturated rings. The van der Waals surface area contributed by atoms with Gasteiger partial charge in [-0.1, -0.05) is 78.9 Å². The summed E-state index contributed by atoms with van der Waals surface area (Å²) in [7, 11) is 0. The predicted octanol–water partition coefficient (Wildman–Crippen LogP) is 14.7. The molecule has 1 saturated heterocycles. The second-order valence-electron chi connectivity index (χ2n) is 18.9. The Labute approximate surface area is 475 Å². The highest BCUT2D eigenvalue weighted by atomic mass is 19.2. The van der Waals surface area contributed by atoms with E-state index in [0.717, 1.165) is 63.7 Å². The van der Waals surface area contributed by atoms with E-state index >= 15 is 8.78 Å². The molecule has 9 aromatic rings. The first kappa shape index (κ1) is 59.2. The van der Waals surface area contributed by atoms with Gasteiger partial charge in [0.1, 0.15) is 70.6 Å². The van der Waals surface area contributed by atoms with Gasteiger partial charge in [0.15, 0.2) is 34.9 Å². The minimum Gasteiger partial charge on any atom is -0.508 e. The quantitative estimate of drug-likeness (QED) is 0.0858. The number of allylic oxidation sites excluding steroid dienone is 2. The van der Waals surface area contributed by atoms with Crippen molar-refractivity contribution in [2.75, 3.05) is 18.0 Å². The van der Waals surface area contributed by atoms with Gasteiger partial charge in [-0.2, -0.15) is 21.0 Å². The molecule has 84 heavy (non-hydrogen) atoms. The van der Waals surface area contributed by atoms with Crippen LogP contribution in [-0.4, -0.2) is 24.5 Å². The molecular weight excluding hydrogens is 1090 g/mol. The number of benzene rings is 9. The molecule has 9 aromatic carbocycles. The maximum atomic E-state index is 15.2. The van der Waals surface area contributed by atoms with Gasteiger partial charge in [-0.25, -0.2) is 35.1 Å². The molecule has 0 bridgehead atoms. The van der Waals surface area contributed by atoms with Crippen molar-refractivity contribution in [1.82, 2.24) is 0 Å². The SMILES string of the molecule is N#CC1=C(N)Oc2cc3ccccc3cc2C1c1cc(F)c(F)c(F)c1.N#CC1=C(N)Oc2cc3ccccc3cc2C1c1cc(F)c(N2CCCCC2)c(F)c1.N#CCC#N.O=Cc1cc(F)c(F)c(F)c1.Oc1ccc2ccccc2c1. The normalized spacial score (nSPS) is 14.7. The topological polar surface area (TPSA) is 206 Å². The van der Waals surface area contributed by atoms with Crippen LogP contribution in [0.1, 0.15) is 70.1 Å². The third-order valence-electron chi connectivity index (χ3n) is 13.6. The summed E-state index contributed by atoms with van der Waals surface area (Å²) in [5.41, 5.74) is 13.5. The lowest BCUT2D eigenvalue weighted by atomic mass is 9.82. The number of aromatic hydroxyl groups is 1. The maximum Gasteiger partial charge on any atom is 0.205 e. The first-order chi connectivity index (χ1) is 40.5. The van der Waals surface area contributed by atoms with Crippen molar-refractivity contribution < 1.29 is 54.5 Å². The fourth-order valence-electron chi connectivity index (χ4n) is 9.74. The number of piperidine rings is 1. The highest BCUT2D eigenvalue weighted by Crippen LogP contribution is 2.46. The number of nitrogens with zero attached hydrogens (tertiary/aromatic N) is 5. The first-order valence-corrected chi connectivity index (χ1v) is 25.6. The molecule has 0 spiro atoms. The number of fused-ring (bicyclic) bond motifs is 5. The summed E-state index contributed by atoms with van der Waals surface area (Å²) >= 11 is 0. The molecule has 0 radical (unpaired) electrons. The largest absolute Gasteiger partial charge is 0.508 e. The van der Waals surface area contributed by atoms with Crippen LogP contribution >= 0.6 is 0 Å². The molecule has 12 rings (SSSR count). The van der Waals surface area contributed by atoms with Gasteiger partial charge in [0, 0.05) is 29.8 Å². The Morgan fingerprint density at radius 2 is 0.881 bits per heavy atom. The van der Waals surface area contributed by atoms with E-state index in [4.69, 9.17) is 36.6 Å². The van der Waals surface area contributed by atoms with Crippen LogP contribution in [0.25, 0.3) is 32.3 Å². The number of nitrogens with two attached hydrogens (primary N) is 2. The Balaban J connectivity index is 0.000000154. The molecule has 19 heteroatoms. The highest BCUT2D eigenvalue weighted by molar-refractivity contribution is 5.87. The Hall–Kier alpha value is -10.9. The number of ether oxygens (including phenoxy) is 2. The number of aldehydes is 1. The number of phenols is 1. The van der Waals surface area contributed by atoms with Crippen LogP contribution in [0, 0.1) is 91.9 Å². The molecule has 420 valence electrons. The Morgan fingerprint density at radius 1 is 0.500 bits per heavy atom. The highest BCUT2D eigenvalue weighted by Gasteiger charge is 2.34. The second-order valence-corrected chi connectivity index (χ2v) is 18.9. The van der Waals surface area contributed by atoms with E-state index in [1.165, 1.54) is 12.1 Å². The summed E-state index contributed by atoms with van der Waals surface area (Å²) in [6.07, 6.45) is 3.14. The molecule has 0 aliphatic carbocycles. The van der Waals surface area contributed by atoms with Gasteiger partial charge in [0.05, 0.1) is 24.0 Å². The minimum atomic E-state index is -1.56. The summed E-state index contributed by atoms with van der Waals surface area (Å²) in [5, 5.41) is 49.5. The molecule has 2 unspecified atom stereocenters. The molecule has 11 nitrogen and oxygen atoms in total. The van der Waals surface area contributed by atoms with E-state index < -0.39 is 58.4 Å². The number of carbonyl (C=O) groups is 1. The first-order valence-electron chi connectivity index (χ1n) is 25.6. The minimum absolute atomic E-state index is 0. The lowest BCUT2D eigenvalue weighted by Gasteiger charge is -2.31. The van der Waals surface area contributed by atoms with E-state index in [1.54, 1.807) is 41.3 Å². The molecule has 2 atom stereocenters. The number of hydrogen-bond acceptors (Lipinski definition) is 11. The van der Waals surface area contributed by atoms with Crippen molar-refractivity contribution in [3.63, 3.8) is 0 Å². The maximum absolute atomic E-state index is 15.2. The van der Waals surface area contributed by atoms with E-state index in [1.807, 2.05) is 97.1 Å². The molecule has 0 amide bonds. The Bertz CT molecular complexity index is 4170. The molecular formula is C65H45F8N7O4. The molecule has 0 aromatic heterocycles. The van der Waals surface area contributed by atoms with Crippen LogP contribution in [0.5, 0.6) is 17.2 Å². The van der Waals surface area contributed by atoms with Gasteiger partial charge in [-0.15, -0.1) is 0 Å². The molecule has 3 heterocycles. The standard InChI is InChI=1S/C25H21F2N3O.C20H11F3N2O.C10H8O.C7H3F3O.C3H2N2/c26-20-11-17(12-21(27)24(20)30-8-4-1-5-9-30)23-18-10-15-6-2-3-7-16(15)13-22(18)31-25(29)19(23)14-28;21-15-6-12(7-16(22)19(15)23)18-13-5-10-3-1-2-4-11(10)8-17(13)26-20(25)14(18)9-24;11-10-6-5-8-3-1-2-4-9(8)7-10;8-5-1-4(3-11)2-6(9)7(5)10;4-2-1-3-5/h2-3,6-7,10-13,23H,1,4-5,8-9,29H2;1-8,18H,25H2;1-7,11H;1-3H;1H2. The van der Waals surface area contributed by atoms with Gasteiger partial charge in [-0.05, 0) is 136 Å². The lowest BCUT2D eigenvalue weighted by molar-refractivity contribution is 0.112. The van der Waals surface area contributed by atoms with E-state index in [-0.39, 0.29) is 52.4 Å². The van der Waals surface area contributed by atoms with E-state index in [2.05, 4.69) is 6.07 Å². The average molecular weight is 1140 g/mol. The third-order valence-corrected chi connectivity index (χ3v) is 13.6. The van der Waals surface area contributed by atoms with Crippen molar-refractivity contribution >= 4 is 44.3 Å². The monoisotopic (exact) mass is 1140 g/mol. The number of halogens is 8. The summed E-state index contributed by atoms with van der Waals surface area (Å²) in [5.74, 6) is -10.3. The lowest BCUT2D eigenvalue weighted by Crippen LogP contribution is -2.31. The zero-order chi connectivity index (χ0) is 60.2. The number of carbonyl (C=O) groups excluding carboxylic acids is 1. The van der Waals surface area contributed by atoms with Crippen LogP contribution in [-0.2, 0) is 0 Å². The van der Waals surface area contributed by atoms with Gasteiger partial charge >= 0.3 is 0 Å². The van der Waals surface area contributed by atoms with Crippen LogP contribution in [0.15, 0.2) is 175 Å². The van der Waals surface area contributed by atoms with Gasteiger partial charge in [-0.3, -0.25) is 4.79 Å². The van der Waals surface area contributed by atoms with Gasteiger partial charge in [0.2, 0.25) is 11.8 Å². The third kappa shape index (κ3) is 13.1.